The van der Waals surface area contributed by atoms with E-state index in [4.69, 9.17) is 4.98 Å². The number of rotatable bonds is 3. The van der Waals surface area contributed by atoms with Crippen LogP contribution in [0.2, 0.25) is 0 Å². The second-order valence-electron chi connectivity index (χ2n) is 8.75. The Labute approximate surface area is 194 Å². The summed E-state index contributed by atoms with van der Waals surface area (Å²) in [6, 6.07) is 6.71. The molecule has 172 valence electrons. The minimum atomic E-state index is -0.566. The average Bonchev–Trinajstić information content (AvgIpc) is 3.08. The summed E-state index contributed by atoms with van der Waals surface area (Å²) in [5.41, 5.74) is 3.97. The zero-order valence-corrected chi connectivity index (χ0v) is 19.8. The summed E-state index contributed by atoms with van der Waals surface area (Å²) in [5, 5.41) is 2.81. The molecule has 32 heavy (non-hydrogen) atoms. The number of benzene rings is 1. The molecule has 6 nitrogen and oxygen atoms in total. The molecule has 0 radical (unpaired) electrons. The third kappa shape index (κ3) is 4.44. The predicted octanol–water partition coefficient (Wildman–Crippen LogP) is 3.38. The number of halogens is 2. The van der Waals surface area contributed by atoms with E-state index in [1.807, 2.05) is 13.8 Å². The number of nitrogens with one attached hydrogen (secondary N) is 1. The monoisotopic (exact) mass is 460 g/mol. The summed E-state index contributed by atoms with van der Waals surface area (Å²) in [4.78, 5) is 33.6. The lowest BCUT2D eigenvalue weighted by molar-refractivity contribution is -0.120. The lowest BCUT2D eigenvalue weighted by atomic mass is 9.89. The Balaban J connectivity index is 0.00000289. The number of carbonyl (C=O) groups excluding carboxylic acids is 2. The fourth-order valence-corrected chi connectivity index (χ4v) is 4.57. The van der Waals surface area contributed by atoms with Gasteiger partial charge in [0, 0.05) is 38.4 Å². The number of aryl methyl sites for hydroxylation is 3. The second kappa shape index (κ2) is 9.45. The van der Waals surface area contributed by atoms with Crippen molar-refractivity contribution in [3.05, 3.63) is 58.0 Å². The molecular formula is C24H30ClFN4O2. The Morgan fingerprint density at radius 1 is 1.09 bits per heavy atom. The van der Waals surface area contributed by atoms with E-state index in [-0.39, 0.29) is 41.6 Å². The fraction of sp³-hybridized carbons (Fsp3) is 0.458. The lowest BCUT2D eigenvalue weighted by Gasteiger charge is -2.36. The molecule has 4 rings (SSSR count). The summed E-state index contributed by atoms with van der Waals surface area (Å²) < 4.78 is 14.8. The number of nitrogens with zero attached hydrogens (tertiary/aromatic N) is 3. The van der Waals surface area contributed by atoms with Gasteiger partial charge in [0.05, 0.1) is 11.5 Å². The van der Waals surface area contributed by atoms with Crippen molar-refractivity contribution < 1.29 is 14.0 Å². The maximum absolute atomic E-state index is 14.8. The first kappa shape index (κ1) is 24.0. The van der Waals surface area contributed by atoms with E-state index in [0.717, 1.165) is 17.1 Å². The molecule has 1 N–H and O–H groups in total. The molecule has 8 heteroatoms. The van der Waals surface area contributed by atoms with Gasteiger partial charge in [0.15, 0.2) is 0 Å². The van der Waals surface area contributed by atoms with Gasteiger partial charge in [-0.25, -0.2) is 9.37 Å². The van der Waals surface area contributed by atoms with Crippen LogP contribution >= 0.6 is 12.4 Å². The number of anilines is 1. The molecule has 2 aliphatic rings. The van der Waals surface area contributed by atoms with Gasteiger partial charge in [0.2, 0.25) is 5.91 Å². The van der Waals surface area contributed by atoms with E-state index in [2.05, 4.69) is 30.1 Å². The third-order valence-corrected chi connectivity index (χ3v) is 6.53. The molecule has 0 aliphatic carbocycles. The highest BCUT2D eigenvalue weighted by Gasteiger charge is 2.34. The van der Waals surface area contributed by atoms with Gasteiger partial charge in [-0.05, 0) is 55.5 Å². The van der Waals surface area contributed by atoms with Crippen LogP contribution in [0.15, 0.2) is 24.3 Å². The number of carbonyl (C=O) groups is 2. The van der Waals surface area contributed by atoms with Gasteiger partial charge in [0.1, 0.15) is 11.6 Å². The molecule has 1 aromatic carbocycles. The lowest BCUT2D eigenvalue weighted by Crippen LogP contribution is -2.49. The molecule has 1 aromatic heterocycles. The molecule has 0 bridgehead atoms. The summed E-state index contributed by atoms with van der Waals surface area (Å²) >= 11 is 0. The van der Waals surface area contributed by atoms with Gasteiger partial charge in [-0.1, -0.05) is 19.1 Å². The maximum Gasteiger partial charge on any atom is 0.256 e. The van der Waals surface area contributed by atoms with Gasteiger partial charge in [-0.2, -0.15) is 0 Å². The number of piperazine rings is 1. The van der Waals surface area contributed by atoms with E-state index in [0.29, 0.717) is 38.3 Å². The SMILES string of the molecule is Cc1cc(C)c(N2CCN(C(=O)c3ccc([C@@H]4C(=O)NCC4C)cc3F)CC2)nc1C.Cl. The molecule has 3 heterocycles. The fourth-order valence-electron chi connectivity index (χ4n) is 4.57. The van der Waals surface area contributed by atoms with E-state index in [1.54, 1.807) is 11.0 Å². The standard InChI is InChI=1S/C24H29FN4O2.ClH/c1-14-11-15(2)22(27-17(14)4)28-7-9-29(10-8-28)24(31)19-6-5-18(12-20(19)25)21-16(3)13-26-23(21)30;/h5-6,11-12,16,21H,7-10,13H2,1-4H3,(H,26,30);1H/t16?,21-;/m1./s1. The highest BCUT2D eigenvalue weighted by Crippen LogP contribution is 2.30. The van der Waals surface area contributed by atoms with Gasteiger partial charge in [-0.15, -0.1) is 12.4 Å². The minimum absolute atomic E-state index is 0. The van der Waals surface area contributed by atoms with E-state index in [1.165, 1.54) is 17.7 Å². The van der Waals surface area contributed by atoms with Crippen LogP contribution in [-0.2, 0) is 4.79 Å². The first-order valence-electron chi connectivity index (χ1n) is 10.8. The van der Waals surface area contributed by atoms with E-state index in [9.17, 15) is 14.0 Å². The van der Waals surface area contributed by atoms with Crippen molar-refractivity contribution in [1.82, 2.24) is 15.2 Å². The predicted molar refractivity (Wildman–Crippen MR) is 125 cm³/mol. The number of hydrogen-bond donors (Lipinski definition) is 1. The number of aromatic nitrogens is 1. The molecule has 2 saturated heterocycles. The largest absolute Gasteiger partial charge is 0.355 e. The topological polar surface area (TPSA) is 65.5 Å². The highest BCUT2D eigenvalue weighted by atomic mass is 35.5. The molecule has 2 fully saturated rings. The quantitative estimate of drug-likeness (QED) is 0.762. The first-order valence-corrected chi connectivity index (χ1v) is 10.8. The highest BCUT2D eigenvalue weighted by molar-refractivity contribution is 5.95. The normalized spacial score (nSPS) is 20.7. The van der Waals surface area contributed by atoms with Crippen molar-refractivity contribution in [2.75, 3.05) is 37.6 Å². The van der Waals surface area contributed by atoms with Crippen LogP contribution in [-0.4, -0.2) is 54.4 Å². The van der Waals surface area contributed by atoms with Crippen molar-refractivity contribution in [2.45, 2.75) is 33.6 Å². The molecular weight excluding hydrogens is 431 g/mol. The van der Waals surface area contributed by atoms with Crippen molar-refractivity contribution in [3.8, 4) is 0 Å². The molecule has 2 atom stereocenters. The molecule has 2 amide bonds. The van der Waals surface area contributed by atoms with Crippen LogP contribution in [0.5, 0.6) is 0 Å². The second-order valence-corrected chi connectivity index (χ2v) is 8.75. The Kier molecular flexibility index (Phi) is 7.08. The molecule has 1 unspecified atom stereocenters. The zero-order valence-electron chi connectivity index (χ0n) is 18.9. The molecule has 0 spiro atoms. The Morgan fingerprint density at radius 2 is 1.78 bits per heavy atom. The van der Waals surface area contributed by atoms with Crippen molar-refractivity contribution >= 4 is 30.0 Å². The van der Waals surface area contributed by atoms with Crippen LogP contribution in [0.25, 0.3) is 0 Å². The van der Waals surface area contributed by atoms with Gasteiger partial charge in [-0.3, -0.25) is 9.59 Å². The molecule has 2 aromatic rings. The minimum Gasteiger partial charge on any atom is -0.355 e. The number of amides is 2. The van der Waals surface area contributed by atoms with Crippen LogP contribution in [0.4, 0.5) is 10.2 Å². The summed E-state index contributed by atoms with van der Waals surface area (Å²) in [6.45, 7) is 11.0. The third-order valence-electron chi connectivity index (χ3n) is 6.53. The number of pyridine rings is 1. The van der Waals surface area contributed by atoms with Gasteiger partial charge in [0.25, 0.3) is 5.91 Å². The maximum atomic E-state index is 14.8. The van der Waals surface area contributed by atoms with Crippen molar-refractivity contribution in [3.63, 3.8) is 0 Å². The molecule has 2 aliphatic heterocycles. The van der Waals surface area contributed by atoms with E-state index >= 15 is 0 Å². The summed E-state index contributed by atoms with van der Waals surface area (Å²) in [7, 11) is 0. The Hall–Kier alpha value is -2.67. The van der Waals surface area contributed by atoms with Gasteiger partial charge >= 0.3 is 0 Å². The summed E-state index contributed by atoms with van der Waals surface area (Å²) in [5.74, 6) is -0.271. The van der Waals surface area contributed by atoms with Crippen LogP contribution < -0.4 is 10.2 Å². The van der Waals surface area contributed by atoms with E-state index < -0.39 is 5.82 Å². The molecule has 0 saturated carbocycles. The number of hydrogen-bond acceptors (Lipinski definition) is 4. The Bertz CT molecular complexity index is 1040. The Morgan fingerprint density at radius 3 is 2.38 bits per heavy atom. The van der Waals surface area contributed by atoms with Crippen LogP contribution in [0.1, 0.15) is 45.6 Å². The van der Waals surface area contributed by atoms with Crippen LogP contribution in [0, 0.1) is 32.5 Å². The smallest absolute Gasteiger partial charge is 0.256 e. The average molecular weight is 461 g/mol. The van der Waals surface area contributed by atoms with Crippen LogP contribution in [0.3, 0.4) is 0 Å². The first-order chi connectivity index (χ1) is 14.8. The van der Waals surface area contributed by atoms with Gasteiger partial charge < -0.3 is 15.1 Å². The van der Waals surface area contributed by atoms with Crippen molar-refractivity contribution in [2.24, 2.45) is 5.92 Å². The van der Waals surface area contributed by atoms with Crippen molar-refractivity contribution in [1.29, 1.82) is 0 Å². The zero-order chi connectivity index (χ0) is 22.3. The summed E-state index contributed by atoms with van der Waals surface area (Å²) in [6.07, 6.45) is 0.